The molecule has 0 aliphatic carbocycles. The minimum Gasteiger partial charge on any atom is -0.310 e. The second-order valence-corrected chi connectivity index (χ2v) is 7.71. The normalized spacial score (nSPS) is 16.6. The molecule has 1 aliphatic rings. The van der Waals surface area contributed by atoms with Gasteiger partial charge in [0.05, 0.1) is 22.4 Å². The van der Waals surface area contributed by atoms with E-state index in [0.717, 1.165) is 17.3 Å². The summed E-state index contributed by atoms with van der Waals surface area (Å²) >= 11 is 7.27. The molecule has 1 aliphatic heterocycles. The smallest absolute Gasteiger partial charge is 0.235 e. The van der Waals surface area contributed by atoms with Gasteiger partial charge in [-0.25, -0.2) is 13.5 Å². The molecule has 1 unspecified atom stereocenters. The van der Waals surface area contributed by atoms with Gasteiger partial charge in [-0.15, -0.1) is 11.8 Å². The lowest BCUT2D eigenvalue weighted by atomic mass is 10.0. The molecule has 0 spiro atoms. The minimum absolute atomic E-state index is 0.164. The van der Waals surface area contributed by atoms with Gasteiger partial charge >= 0.3 is 0 Å². The van der Waals surface area contributed by atoms with Crippen LogP contribution in [0.25, 0.3) is 5.69 Å². The topological polar surface area (TPSA) is 46.9 Å². The highest BCUT2D eigenvalue weighted by Crippen LogP contribution is 2.44. The molecule has 3 aromatic rings. The van der Waals surface area contributed by atoms with E-state index >= 15 is 0 Å². The number of carbonyl (C=O) groups excluding carboxylic acids is 1. The van der Waals surface area contributed by atoms with Gasteiger partial charge in [-0.05, 0) is 48.9 Å². The van der Waals surface area contributed by atoms with Gasteiger partial charge in [-0.2, -0.15) is 5.10 Å². The number of nitrogens with zero attached hydrogens (tertiary/aromatic N) is 2. The van der Waals surface area contributed by atoms with Gasteiger partial charge in [-0.1, -0.05) is 11.6 Å². The van der Waals surface area contributed by atoms with Crippen LogP contribution in [-0.2, 0) is 4.79 Å². The Kier molecular flexibility index (Phi) is 4.65. The number of hydrogen-bond acceptors (Lipinski definition) is 3. The summed E-state index contributed by atoms with van der Waals surface area (Å²) < 4.78 is 29.2. The van der Waals surface area contributed by atoms with Crippen LogP contribution < -0.4 is 5.32 Å². The Balaban J connectivity index is 1.90. The van der Waals surface area contributed by atoms with Crippen molar-refractivity contribution in [2.75, 3.05) is 11.1 Å². The number of benzene rings is 2. The maximum Gasteiger partial charge on any atom is 0.235 e. The van der Waals surface area contributed by atoms with Gasteiger partial charge in [0.2, 0.25) is 5.91 Å². The molecule has 8 heteroatoms. The Bertz CT molecular complexity index is 1020. The maximum absolute atomic E-state index is 13.8. The highest BCUT2D eigenvalue weighted by atomic mass is 35.5. The molecule has 1 aromatic heterocycles. The monoisotopic (exact) mass is 405 g/mol. The average Bonchev–Trinajstić information content (AvgIpc) is 2.81. The molecule has 0 fully saturated rings. The van der Waals surface area contributed by atoms with Gasteiger partial charge < -0.3 is 5.32 Å². The van der Waals surface area contributed by atoms with Crippen molar-refractivity contribution in [2.45, 2.75) is 12.2 Å². The lowest BCUT2D eigenvalue weighted by molar-refractivity contribution is -0.113. The van der Waals surface area contributed by atoms with E-state index in [4.69, 9.17) is 11.6 Å². The summed E-state index contributed by atoms with van der Waals surface area (Å²) in [7, 11) is 0. The number of carbonyl (C=O) groups is 1. The number of hydrogen-bond donors (Lipinski definition) is 1. The Labute approximate surface area is 163 Å². The van der Waals surface area contributed by atoms with E-state index in [-0.39, 0.29) is 11.7 Å². The molecular formula is C19H14ClF2N3OS. The fraction of sp³-hybridized carbons (Fsp3) is 0.158. The molecule has 1 N–H and O–H groups in total. The summed E-state index contributed by atoms with van der Waals surface area (Å²) in [6.45, 7) is 1.81. The molecule has 0 saturated carbocycles. The zero-order valence-corrected chi connectivity index (χ0v) is 15.7. The molecule has 1 amide bonds. The van der Waals surface area contributed by atoms with Crippen LogP contribution in [-0.4, -0.2) is 21.4 Å². The standard InChI is InChI=1S/C19H14ClF2N3OS/c1-10-17-18(11-6-13(21)8-14(22)7-11)27-9-16(26)23-19(17)25(24-10)15-4-2-12(20)3-5-15/h2-8,18H,9H2,1H3,(H,23,26). The van der Waals surface area contributed by atoms with E-state index in [2.05, 4.69) is 10.4 Å². The van der Waals surface area contributed by atoms with Gasteiger partial charge in [0, 0.05) is 16.7 Å². The first-order valence-electron chi connectivity index (χ1n) is 8.15. The molecule has 0 radical (unpaired) electrons. The van der Waals surface area contributed by atoms with Crippen LogP contribution in [0, 0.1) is 18.6 Å². The zero-order valence-electron chi connectivity index (χ0n) is 14.2. The van der Waals surface area contributed by atoms with Crippen molar-refractivity contribution in [3.8, 4) is 5.69 Å². The first-order valence-corrected chi connectivity index (χ1v) is 9.58. The summed E-state index contributed by atoms with van der Waals surface area (Å²) in [6, 6.07) is 10.4. The van der Waals surface area contributed by atoms with Crippen molar-refractivity contribution in [3.05, 3.63) is 75.9 Å². The van der Waals surface area contributed by atoms with Crippen LogP contribution in [0.1, 0.15) is 22.1 Å². The van der Waals surface area contributed by atoms with Crippen LogP contribution in [0.4, 0.5) is 14.6 Å². The number of rotatable bonds is 2. The Morgan fingerprint density at radius 3 is 2.52 bits per heavy atom. The predicted molar refractivity (Wildman–Crippen MR) is 103 cm³/mol. The van der Waals surface area contributed by atoms with E-state index in [1.54, 1.807) is 28.9 Å². The summed E-state index contributed by atoms with van der Waals surface area (Å²) in [5, 5.41) is 7.58. The quantitative estimate of drug-likeness (QED) is 0.660. The fourth-order valence-corrected chi connectivity index (χ4v) is 4.44. The van der Waals surface area contributed by atoms with Gasteiger partial charge in [0.15, 0.2) is 0 Å². The number of fused-ring (bicyclic) bond motifs is 1. The lowest BCUT2D eigenvalue weighted by Gasteiger charge is -2.15. The largest absolute Gasteiger partial charge is 0.310 e. The summed E-state index contributed by atoms with van der Waals surface area (Å²) in [5.41, 5.74) is 2.57. The first kappa shape index (κ1) is 18.0. The number of halogens is 3. The predicted octanol–water partition coefficient (Wildman–Crippen LogP) is 4.89. The summed E-state index contributed by atoms with van der Waals surface area (Å²) in [4.78, 5) is 12.3. The number of thioether (sulfide) groups is 1. The maximum atomic E-state index is 13.8. The molecule has 0 bridgehead atoms. The Morgan fingerprint density at radius 2 is 1.85 bits per heavy atom. The van der Waals surface area contributed by atoms with Crippen molar-refractivity contribution >= 4 is 35.1 Å². The van der Waals surface area contributed by atoms with E-state index in [9.17, 15) is 13.6 Å². The van der Waals surface area contributed by atoms with Crippen molar-refractivity contribution < 1.29 is 13.6 Å². The van der Waals surface area contributed by atoms with Crippen LogP contribution in [0.3, 0.4) is 0 Å². The number of nitrogens with one attached hydrogen (secondary N) is 1. The Hall–Kier alpha value is -2.38. The fourth-order valence-electron chi connectivity index (χ4n) is 3.14. The van der Waals surface area contributed by atoms with Crippen molar-refractivity contribution in [1.29, 1.82) is 0 Å². The Morgan fingerprint density at radius 1 is 1.19 bits per heavy atom. The molecule has 27 heavy (non-hydrogen) atoms. The van der Waals surface area contributed by atoms with Gasteiger partial charge in [-0.3, -0.25) is 4.79 Å². The summed E-state index contributed by atoms with van der Waals surface area (Å²) in [6.07, 6.45) is 0. The summed E-state index contributed by atoms with van der Waals surface area (Å²) in [5.74, 6) is -0.843. The third-order valence-corrected chi connectivity index (χ3v) is 5.79. The molecule has 4 nitrogen and oxygen atoms in total. The van der Waals surface area contributed by atoms with E-state index in [1.165, 1.54) is 23.9 Å². The van der Waals surface area contributed by atoms with E-state index < -0.39 is 16.9 Å². The van der Waals surface area contributed by atoms with Crippen molar-refractivity contribution in [2.24, 2.45) is 0 Å². The van der Waals surface area contributed by atoms with Gasteiger partial charge in [0.1, 0.15) is 17.5 Å². The third kappa shape index (κ3) is 3.44. The van der Waals surface area contributed by atoms with Gasteiger partial charge in [0.25, 0.3) is 0 Å². The van der Waals surface area contributed by atoms with E-state index in [1.807, 2.05) is 6.92 Å². The van der Waals surface area contributed by atoms with Crippen molar-refractivity contribution in [1.82, 2.24) is 9.78 Å². The average molecular weight is 406 g/mol. The number of amides is 1. The second-order valence-electron chi connectivity index (χ2n) is 6.18. The molecule has 1 atom stereocenters. The molecule has 4 rings (SSSR count). The molecular weight excluding hydrogens is 392 g/mol. The SMILES string of the molecule is Cc1nn(-c2ccc(Cl)cc2)c2c1C(c1cc(F)cc(F)c1)SCC(=O)N2. The van der Waals surface area contributed by atoms with Crippen LogP contribution in [0.15, 0.2) is 42.5 Å². The van der Waals surface area contributed by atoms with E-state index in [0.29, 0.717) is 22.1 Å². The first-order chi connectivity index (χ1) is 12.9. The highest BCUT2D eigenvalue weighted by molar-refractivity contribution is 8.00. The molecule has 138 valence electrons. The zero-order chi connectivity index (χ0) is 19.1. The van der Waals surface area contributed by atoms with Crippen LogP contribution >= 0.6 is 23.4 Å². The lowest BCUT2D eigenvalue weighted by Crippen LogP contribution is -2.15. The van der Waals surface area contributed by atoms with Crippen molar-refractivity contribution in [3.63, 3.8) is 0 Å². The second kappa shape index (κ2) is 6.98. The van der Waals surface area contributed by atoms with Crippen LogP contribution in [0.5, 0.6) is 0 Å². The number of aryl methyl sites for hydroxylation is 1. The third-order valence-electron chi connectivity index (χ3n) is 4.27. The van der Waals surface area contributed by atoms with Crippen LogP contribution in [0.2, 0.25) is 5.02 Å². The highest BCUT2D eigenvalue weighted by Gasteiger charge is 2.31. The molecule has 2 aromatic carbocycles. The molecule has 0 saturated heterocycles. The molecule has 2 heterocycles. The minimum atomic E-state index is -0.654. The number of aromatic nitrogens is 2. The number of anilines is 1.